The molecule has 2 aliphatic rings. The van der Waals surface area contributed by atoms with Crippen LogP contribution in [0.3, 0.4) is 0 Å². The van der Waals surface area contributed by atoms with E-state index in [4.69, 9.17) is 0 Å². The first-order valence-corrected chi connectivity index (χ1v) is 12.5. The van der Waals surface area contributed by atoms with Crippen LogP contribution in [0.1, 0.15) is 55.4 Å². The van der Waals surface area contributed by atoms with Gasteiger partial charge < -0.3 is 9.47 Å². The Morgan fingerprint density at radius 1 is 1.13 bits per heavy atom. The summed E-state index contributed by atoms with van der Waals surface area (Å²) < 4.78 is 28.6. The predicted molar refractivity (Wildman–Crippen MR) is 118 cm³/mol. The minimum absolute atomic E-state index is 0.105. The van der Waals surface area contributed by atoms with Crippen LogP contribution in [0, 0.1) is 6.92 Å². The molecule has 3 heterocycles. The molecular weight excluding hydrogens is 414 g/mol. The van der Waals surface area contributed by atoms with E-state index in [-0.39, 0.29) is 11.8 Å². The number of rotatable bonds is 5. The van der Waals surface area contributed by atoms with Crippen molar-refractivity contribution in [3.63, 3.8) is 0 Å². The molecule has 168 valence electrons. The fraction of sp³-hybridized carbons (Fsp3) is 0.591. The zero-order valence-electron chi connectivity index (χ0n) is 18.5. The minimum Gasteiger partial charge on any atom is -0.333 e. The summed E-state index contributed by atoms with van der Waals surface area (Å²) in [6.07, 6.45) is 1.89. The van der Waals surface area contributed by atoms with E-state index >= 15 is 0 Å². The molecule has 0 atom stereocenters. The molecular formula is C22H31N5O3S. The lowest BCUT2D eigenvalue weighted by molar-refractivity contribution is -0.132. The van der Waals surface area contributed by atoms with E-state index in [1.807, 2.05) is 36.1 Å². The molecule has 9 heteroatoms. The molecule has 8 nitrogen and oxygen atoms in total. The Hall–Kier alpha value is -2.26. The normalized spacial score (nSPS) is 18.4. The van der Waals surface area contributed by atoms with E-state index < -0.39 is 15.3 Å². The fourth-order valence-corrected chi connectivity index (χ4v) is 5.79. The number of nitrogens with zero attached hydrogens (tertiary/aromatic N) is 5. The number of hydrogen-bond donors (Lipinski definition) is 0. The van der Waals surface area contributed by atoms with E-state index in [1.54, 1.807) is 18.2 Å². The van der Waals surface area contributed by atoms with Crippen molar-refractivity contribution < 1.29 is 13.2 Å². The Labute approximate surface area is 184 Å². The molecule has 0 saturated carbocycles. The number of carbonyl (C=O) groups is 1. The van der Waals surface area contributed by atoms with E-state index in [0.717, 1.165) is 35.6 Å². The SMILES string of the molecule is Cc1cccc(CC(=O)N2CCn3c(nnc3C3CCN(S(=O)(=O)C(C)C)CC3)C2)c1. The van der Waals surface area contributed by atoms with Crippen LogP contribution < -0.4 is 0 Å². The molecule has 1 aromatic carbocycles. The molecule has 1 amide bonds. The molecule has 1 saturated heterocycles. The van der Waals surface area contributed by atoms with Crippen molar-refractivity contribution in [1.82, 2.24) is 24.0 Å². The third-order valence-electron chi connectivity index (χ3n) is 6.35. The van der Waals surface area contributed by atoms with Crippen LogP contribution in [0.25, 0.3) is 0 Å². The van der Waals surface area contributed by atoms with Crippen LogP contribution in [-0.2, 0) is 34.3 Å². The number of hydrogen-bond acceptors (Lipinski definition) is 5. The molecule has 2 aromatic rings. The maximum atomic E-state index is 12.8. The average Bonchev–Trinajstić information content (AvgIpc) is 3.17. The second kappa shape index (κ2) is 8.70. The highest BCUT2D eigenvalue weighted by molar-refractivity contribution is 7.89. The quantitative estimate of drug-likeness (QED) is 0.703. The van der Waals surface area contributed by atoms with E-state index in [0.29, 0.717) is 39.1 Å². The van der Waals surface area contributed by atoms with Gasteiger partial charge in [-0.1, -0.05) is 29.8 Å². The van der Waals surface area contributed by atoms with Gasteiger partial charge in [-0.2, -0.15) is 0 Å². The fourth-order valence-electron chi connectivity index (χ4n) is 4.47. The molecule has 0 spiro atoms. The zero-order chi connectivity index (χ0) is 22.2. The summed E-state index contributed by atoms with van der Waals surface area (Å²) in [6.45, 7) is 8.32. The third kappa shape index (κ3) is 4.52. The van der Waals surface area contributed by atoms with Crippen LogP contribution in [0.5, 0.6) is 0 Å². The number of piperidine rings is 1. The summed E-state index contributed by atoms with van der Waals surface area (Å²) in [6, 6.07) is 8.05. The largest absolute Gasteiger partial charge is 0.333 e. The summed E-state index contributed by atoms with van der Waals surface area (Å²) in [5, 5.41) is 8.41. The van der Waals surface area contributed by atoms with Crippen LogP contribution in [-0.4, -0.2) is 63.2 Å². The monoisotopic (exact) mass is 445 g/mol. The number of carbonyl (C=O) groups excluding carboxylic acids is 1. The second-order valence-corrected chi connectivity index (χ2v) is 11.4. The van der Waals surface area contributed by atoms with Gasteiger partial charge in [-0.3, -0.25) is 4.79 Å². The van der Waals surface area contributed by atoms with Crippen molar-refractivity contribution in [2.75, 3.05) is 19.6 Å². The highest BCUT2D eigenvalue weighted by atomic mass is 32.2. The van der Waals surface area contributed by atoms with Gasteiger partial charge >= 0.3 is 0 Å². The lowest BCUT2D eigenvalue weighted by atomic mass is 9.97. The van der Waals surface area contributed by atoms with Gasteiger partial charge in [0.2, 0.25) is 15.9 Å². The van der Waals surface area contributed by atoms with Crippen molar-refractivity contribution >= 4 is 15.9 Å². The highest BCUT2D eigenvalue weighted by Gasteiger charge is 2.34. The standard InChI is InChI=1S/C22H31N5O3S/c1-16(2)31(29,30)26-9-7-19(8-10-26)22-24-23-20-15-25(11-12-27(20)22)21(28)14-18-6-4-5-17(3)13-18/h4-6,13,16,19H,7-12,14-15H2,1-3H3. The molecule has 2 aliphatic heterocycles. The molecule has 0 radical (unpaired) electrons. The summed E-state index contributed by atoms with van der Waals surface area (Å²) in [7, 11) is -3.21. The molecule has 1 aromatic heterocycles. The van der Waals surface area contributed by atoms with E-state index in [9.17, 15) is 13.2 Å². The number of benzene rings is 1. The van der Waals surface area contributed by atoms with Crippen LogP contribution >= 0.6 is 0 Å². The van der Waals surface area contributed by atoms with Gasteiger partial charge in [0.25, 0.3) is 0 Å². The Bertz CT molecular complexity index is 1050. The number of amides is 1. The van der Waals surface area contributed by atoms with Gasteiger partial charge in [0.05, 0.1) is 18.2 Å². The van der Waals surface area contributed by atoms with Gasteiger partial charge in [-0.15, -0.1) is 10.2 Å². The summed E-state index contributed by atoms with van der Waals surface area (Å²) in [4.78, 5) is 14.6. The van der Waals surface area contributed by atoms with Crippen molar-refractivity contribution in [2.24, 2.45) is 0 Å². The first kappa shape index (κ1) is 22.0. The summed E-state index contributed by atoms with van der Waals surface area (Å²) >= 11 is 0. The Balaban J connectivity index is 1.39. The molecule has 0 unspecified atom stereocenters. The highest BCUT2D eigenvalue weighted by Crippen LogP contribution is 2.30. The average molecular weight is 446 g/mol. The van der Waals surface area contributed by atoms with Crippen LogP contribution in [0.15, 0.2) is 24.3 Å². The Morgan fingerprint density at radius 2 is 1.87 bits per heavy atom. The predicted octanol–water partition coefficient (Wildman–Crippen LogP) is 2.09. The number of sulfonamides is 1. The maximum absolute atomic E-state index is 12.8. The second-order valence-electron chi connectivity index (χ2n) is 8.87. The Kier molecular flexibility index (Phi) is 6.16. The van der Waals surface area contributed by atoms with Gasteiger partial charge in [0.1, 0.15) is 5.82 Å². The van der Waals surface area contributed by atoms with Crippen molar-refractivity contribution in [1.29, 1.82) is 0 Å². The van der Waals surface area contributed by atoms with Crippen LogP contribution in [0.4, 0.5) is 0 Å². The lowest BCUT2D eigenvalue weighted by Gasteiger charge is -2.33. The summed E-state index contributed by atoms with van der Waals surface area (Å²) in [5.74, 6) is 2.06. The minimum atomic E-state index is -3.21. The van der Waals surface area contributed by atoms with Gasteiger partial charge in [-0.05, 0) is 39.2 Å². The zero-order valence-corrected chi connectivity index (χ0v) is 19.3. The molecule has 1 fully saturated rings. The number of aromatic nitrogens is 3. The maximum Gasteiger partial charge on any atom is 0.227 e. The smallest absolute Gasteiger partial charge is 0.227 e. The third-order valence-corrected chi connectivity index (χ3v) is 8.62. The van der Waals surface area contributed by atoms with Crippen molar-refractivity contribution in [3.8, 4) is 0 Å². The van der Waals surface area contributed by atoms with Crippen molar-refractivity contribution in [3.05, 3.63) is 47.0 Å². The molecule has 0 N–H and O–H groups in total. The summed E-state index contributed by atoms with van der Waals surface area (Å²) in [5.41, 5.74) is 2.18. The van der Waals surface area contributed by atoms with E-state index in [1.165, 1.54) is 0 Å². The molecule has 0 aliphatic carbocycles. The molecule has 4 rings (SSSR count). The Morgan fingerprint density at radius 3 is 2.55 bits per heavy atom. The van der Waals surface area contributed by atoms with Crippen molar-refractivity contribution in [2.45, 2.75) is 64.3 Å². The molecule has 31 heavy (non-hydrogen) atoms. The van der Waals surface area contributed by atoms with Crippen LogP contribution in [0.2, 0.25) is 0 Å². The van der Waals surface area contributed by atoms with E-state index in [2.05, 4.69) is 14.8 Å². The van der Waals surface area contributed by atoms with Gasteiger partial charge in [0.15, 0.2) is 5.82 Å². The number of aryl methyl sites for hydroxylation is 1. The lowest BCUT2D eigenvalue weighted by Crippen LogP contribution is -2.42. The van der Waals surface area contributed by atoms with Gasteiger partial charge in [0, 0.05) is 32.1 Å². The first-order chi connectivity index (χ1) is 14.8. The topological polar surface area (TPSA) is 88.4 Å². The van der Waals surface area contributed by atoms with Gasteiger partial charge in [-0.25, -0.2) is 12.7 Å². The first-order valence-electron chi connectivity index (χ1n) is 11.0. The number of fused-ring (bicyclic) bond motifs is 1. The molecule has 0 bridgehead atoms.